The molecule has 0 spiro atoms. The predicted molar refractivity (Wildman–Crippen MR) is 91.5 cm³/mol. The Morgan fingerprint density at radius 2 is 2.08 bits per heavy atom. The first-order chi connectivity index (χ1) is 12.1. The average molecular weight is 361 g/mol. The maximum absolute atomic E-state index is 9.97. The molecule has 2 aliphatic heterocycles. The van der Waals surface area contributed by atoms with Gasteiger partial charge in [0.15, 0.2) is 5.82 Å². The Kier molecular flexibility index (Phi) is 3.40. The molecule has 0 bridgehead atoms. The predicted octanol–water partition coefficient (Wildman–Crippen LogP) is 1.79. The molecule has 1 N–H and O–H groups in total. The zero-order chi connectivity index (χ0) is 17.1. The van der Waals surface area contributed by atoms with Crippen molar-refractivity contribution in [3.63, 3.8) is 0 Å². The number of halogens is 1. The number of aliphatic hydroxyl groups is 1. The van der Waals surface area contributed by atoms with E-state index < -0.39 is 6.10 Å². The number of benzene rings is 1. The van der Waals surface area contributed by atoms with E-state index in [9.17, 15) is 5.11 Å². The zero-order valence-electron chi connectivity index (χ0n) is 13.5. The van der Waals surface area contributed by atoms with Crippen LogP contribution in [-0.4, -0.2) is 56.0 Å². The summed E-state index contributed by atoms with van der Waals surface area (Å²) in [6.45, 7) is 0.766. The van der Waals surface area contributed by atoms with Crippen LogP contribution in [0.15, 0.2) is 30.6 Å². The minimum absolute atomic E-state index is 0.0563. The van der Waals surface area contributed by atoms with Crippen LogP contribution in [0.5, 0.6) is 0 Å². The summed E-state index contributed by atoms with van der Waals surface area (Å²) in [4.78, 5) is 4.52. The Morgan fingerprint density at radius 1 is 1.24 bits per heavy atom. The third-order valence-corrected chi connectivity index (χ3v) is 5.38. The molecule has 4 atom stereocenters. The van der Waals surface area contributed by atoms with Crippen LogP contribution in [0.2, 0.25) is 5.02 Å². The fraction of sp³-hybridized carbons (Fsp3) is 0.412. The molecule has 0 radical (unpaired) electrons. The van der Waals surface area contributed by atoms with Gasteiger partial charge in [0.05, 0.1) is 29.8 Å². The molecule has 130 valence electrons. The van der Waals surface area contributed by atoms with Crippen LogP contribution in [0.1, 0.15) is 6.04 Å². The van der Waals surface area contributed by atoms with Crippen LogP contribution < -0.4 is 0 Å². The van der Waals surface area contributed by atoms with E-state index >= 15 is 0 Å². The van der Waals surface area contributed by atoms with Crippen molar-refractivity contribution in [1.29, 1.82) is 0 Å². The van der Waals surface area contributed by atoms with Crippen molar-refractivity contribution in [3.05, 3.63) is 35.6 Å². The Bertz CT molecular complexity index is 953. The van der Waals surface area contributed by atoms with Crippen molar-refractivity contribution >= 4 is 22.5 Å². The van der Waals surface area contributed by atoms with Gasteiger partial charge >= 0.3 is 0 Å². The van der Waals surface area contributed by atoms with E-state index in [1.165, 1.54) is 0 Å². The monoisotopic (exact) mass is 360 g/mol. The highest BCUT2D eigenvalue weighted by molar-refractivity contribution is 6.36. The smallest absolute Gasteiger partial charge is 0.161 e. The minimum Gasteiger partial charge on any atom is -0.388 e. The third kappa shape index (κ3) is 2.17. The van der Waals surface area contributed by atoms with Crippen LogP contribution in [0.25, 0.3) is 22.4 Å². The molecule has 8 heteroatoms. The van der Waals surface area contributed by atoms with E-state index in [4.69, 9.17) is 21.1 Å². The quantitative estimate of drug-likeness (QED) is 0.754. The second-order valence-corrected chi connectivity index (χ2v) is 6.90. The summed E-state index contributed by atoms with van der Waals surface area (Å²) in [6.07, 6.45) is 2.59. The molecule has 0 amide bonds. The molecule has 2 aromatic heterocycles. The minimum atomic E-state index is -0.577. The summed E-state index contributed by atoms with van der Waals surface area (Å²) in [5.74, 6) is 0.720. The van der Waals surface area contributed by atoms with Crippen LogP contribution in [0.4, 0.5) is 0 Å². The lowest BCUT2D eigenvalue weighted by molar-refractivity contribution is 0.0172. The van der Waals surface area contributed by atoms with Gasteiger partial charge in [-0.25, -0.2) is 4.98 Å². The Labute approximate surface area is 148 Å². The van der Waals surface area contributed by atoms with Crippen molar-refractivity contribution in [3.8, 4) is 11.5 Å². The molecule has 0 unspecified atom stereocenters. The summed E-state index contributed by atoms with van der Waals surface area (Å²) in [5.41, 5.74) is 1.68. The maximum Gasteiger partial charge on any atom is 0.161 e. The molecule has 3 aromatic rings. The lowest BCUT2D eigenvalue weighted by Gasteiger charge is -2.19. The molecule has 25 heavy (non-hydrogen) atoms. The molecular formula is C17H17ClN4O3. The summed E-state index contributed by atoms with van der Waals surface area (Å²) in [6, 6.07) is 5.69. The van der Waals surface area contributed by atoms with Gasteiger partial charge in [-0.2, -0.15) is 5.10 Å². The standard InChI is InChI=1S/C17H17ClN4O3/c1-21-10-4-2-3-9(18)13(10)14(20-21)17-19-5-6-22(17)11-7-24-16-12(23)8-25-15(11)16/h2-6,11-12,15-16,23H,7-8H2,1H3/t11-,12+,15+,16+/m0/s1. The average Bonchev–Trinajstić information content (AvgIpc) is 3.33. The number of ether oxygens (including phenoxy) is 2. The molecule has 2 aliphatic rings. The number of fused-ring (bicyclic) bond motifs is 2. The summed E-state index contributed by atoms with van der Waals surface area (Å²) in [7, 11) is 1.89. The lowest BCUT2D eigenvalue weighted by Crippen LogP contribution is -2.30. The number of nitrogens with zero attached hydrogens (tertiary/aromatic N) is 4. The zero-order valence-corrected chi connectivity index (χ0v) is 14.3. The number of aromatic nitrogens is 4. The van der Waals surface area contributed by atoms with Crippen molar-refractivity contribution in [1.82, 2.24) is 19.3 Å². The molecule has 0 aliphatic carbocycles. The van der Waals surface area contributed by atoms with Crippen LogP contribution in [0, 0.1) is 0 Å². The van der Waals surface area contributed by atoms with E-state index in [2.05, 4.69) is 10.1 Å². The van der Waals surface area contributed by atoms with Gasteiger partial charge in [-0.15, -0.1) is 0 Å². The molecule has 7 nitrogen and oxygen atoms in total. The number of hydrogen-bond donors (Lipinski definition) is 1. The Balaban J connectivity index is 1.63. The maximum atomic E-state index is 9.97. The number of rotatable bonds is 2. The normalized spacial score (nSPS) is 28.8. The first kappa shape index (κ1) is 15.3. The Hall–Kier alpha value is -1.93. The van der Waals surface area contributed by atoms with E-state index in [0.29, 0.717) is 18.2 Å². The SMILES string of the molecule is Cn1nc(-c2nccn2[C@H]2CO[C@H]3[C@@H]2OC[C@H]3O)c2c(Cl)cccc21. The van der Waals surface area contributed by atoms with Crippen molar-refractivity contribution in [2.24, 2.45) is 7.05 Å². The molecule has 0 saturated carbocycles. The molecule has 1 aromatic carbocycles. The fourth-order valence-corrected chi connectivity index (χ4v) is 4.15. The number of aliphatic hydroxyl groups excluding tert-OH is 1. The first-order valence-corrected chi connectivity index (χ1v) is 8.58. The highest BCUT2D eigenvalue weighted by Crippen LogP contribution is 2.38. The lowest BCUT2D eigenvalue weighted by atomic mass is 10.1. The van der Waals surface area contributed by atoms with Crippen LogP contribution >= 0.6 is 11.6 Å². The van der Waals surface area contributed by atoms with Gasteiger partial charge in [0.25, 0.3) is 0 Å². The molecule has 2 saturated heterocycles. The van der Waals surface area contributed by atoms with Crippen LogP contribution in [0.3, 0.4) is 0 Å². The second kappa shape index (κ2) is 5.54. The highest BCUT2D eigenvalue weighted by atomic mass is 35.5. The fourth-order valence-electron chi connectivity index (χ4n) is 3.89. The topological polar surface area (TPSA) is 74.3 Å². The number of hydrogen-bond acceptors (Lipinski definition) is 5. The highest BCUT2D eigenvalue weighted by Gasteiger charge is 2.48. The van der Waals surface area contributed by atoms with E-state index in [-0.39, 0.29) is 18.2 Å². The van der Waals surface area contributed by atoms with Crippen molar-refractivity contribution in [2.45, 2.75) is 24.4 Å². The second-order valence-electron chi connectivity index (χ2n) is 6.49. The van der Waals surface area contributed by atoms with Crippen molar-refractivity contribution < 1.29 is 14.6 Å². The van der Waals surface area contributed by atoms with E-state index in [0.717, 1.165) is 22.4 Å². The molecule has 4 heterocycles. The van der Waals surface area contributed by atoms with Gasteiger partial charge in [0.1, 0.15) is 24.0 Å². The first-order valence-electron chi connectivity index (χ1n) is 8.21. The molecule has 2 fully saturated rings. The molecular weight excluding hydrogens is 344 g/mol. The van der Waals surface area contributed by atoms with Crippen molar-refractivity contribution in [2.75, 3.05) is 13.2 Å². The van der Waals surface area contributed by atoms with E-state index in [1.54, 1.807) is 10.9 Å². The largest absolute Gasteiger partial charge is 0.388 e. The van der Waals surface area contributed by atoms with Gasteiger partial charge < -0.3 is 19.1 Å². The summed E-state index contributed by atoms with van der Waals surface area (Å²) < 4.78 is 15.3. The summed E-state index contributed by atoms with van der Waals surface area (Å²) in [5, 5.41) is 16.1. The van der Waals surface area contributed by atoms with E-state index in [1.807, 2.05) is 36.0 Å². The number of aryl methyl sites for hydroxylation is 1. The van der Waals surface area contributed by atoms with Gasteiger partial charge in [0.2, 0.25) is 0 Å². The van der Waals surface area contributed by atoms with Gasteiger partial charge in [0, 0.05) is 24.8 Å². The number of imidazole rings is 1. The third-order valence-electron chi connectivity index (χ3n) is 5.07. The van der Waals surface area contributed by atoms with Gasteiger partial charge in [-0.3, -0.25) is 4.68 Å². The van der Waals surface area contributed by atoms with Gasteiger partial charge in [-0.1, -0.05) is 17.7 Å². The van der Waals surface area contributed by atoms with Crippen LogP contribution in [-0.2, 0) is 16.5 Å². The Morgan fingerprint density at radius 3 is 2.96 bits per heavy atom. The van der Waals surface area contributed by atoms with Gasteiger partial charge in [-0.05, 0) is 12.1 Å². The molecule has 5 rings (SSSR count). The summed E-state index contributed by atoms with van der Waals surface area (Å²) >= 11 is 6.44.